The number of aromatic nitrogens is 4. The molecule has 130 valence electrons. The molecule has 0 aromatic carbocycles. The molecule has 0 aliphatic carbocycles. The van der Waals surface area contributed by atoms with Gasteiger partial charge in [-0.15, -0.1) is 0 Å². The topological polar surface area (TPSA) is 86.9 Å². The maximum atomic E-state index is 11.6. The minimum absolute atomic E-state index is 0.132. The van der Waals surface area contributed by atoms with Crippen molar-refractivity contribution in [1.29, 1.82) is 0 Å². The Bertz CT molecular complexity index is 724. The van der Waals surface area contributed by atoms with E-state index in [2.05, 4.69) is 31.8 Å². The summed E-state index contributed by atoms with van der Waals surface area (Å²) in [6.45, 7) is 6.99. The van der Waals surface area contributed by atoms with E-state index in [4.69, 9.17) is 4.74 Å². The van der Waals surface area contributed by atoms with Gasteiger partial charge in [0.25, 0.3) is 5.56 Å². The molecule has 1 saturated heterocycles. The third-order valence-corrected chi connectivity index (χ3v) is 4.20. The average Bonchev–Trinajstić information content (AvgIpc) is 2.99. The summed E-state index contributed by atoms with van der Waals surface area (Å²) in [6, 6.07) is 1.53. The van der Waals surface area contributed by atoms with E-state index in [0.717, 1.165) is 44.0 Å². The van der Waals surface area contributed by atoms with E-state index < -0.39 is 0 Å². The van der Waals surface area contributed by atoms with Gasteiger partial charge in [0, 0.05) is 44.0 Å². The predicted molar refractivity (Wildman–Crippen MR) is 90.8 cm³/mol. The number of aromatic amines is 2. The number of nitrogens with zero attached hydrogens (tertiary/aromatic N) is 3. The first-order valence-electron chi connectivity index (χ1n) is 8.58. The van der Waals surface area contributed by atoms with Crippen molar-refractivity contribution in [3.05, 3.63) is 45.7 Å². The first-order chi connectivity index (χ1) is 11.6. The molecule has 0 unspecified atom stereocenters. The van der Waals surface area contributed by atoms with E-state index in [1.165, 1.54) is 12.5 Å². The van der Waals surface area contributed by atoms with Gasteiger partial charge in [0.2, 0.25) is 0 Å². The molecule has 2 aromatic heterocycles. The number of morpholine rings is 1. The van der Waals surface area contributed by atoms with Crippen LogP contribution in [0.25, 0.3) is 0 Å². The van der Waals surface area contributed by atoms with Gasteiger partial charge in [-0.2, -0.15) is 0 Å². The number of H-pyrrole nitrogens is 2. The highest BCUT2D eigenvalue weighted by atomic mass is 16.5. The largest absolute Gasteiger partial charge is 0.369 e. The van der Waals surface area contributed by atoms with Gasteiger partial charge in [0.15, 0.2) is 0 Å². The molecular formula is C17H25N5O2. The Morgan fingerprint density at radius 1 is 1.42 bits per heavy atom. The van der Waals surface area contributed by atoms with Gasteiger partial charge in [-0.05, 0) is 13.3 Å². The van der Waals surface area contributed by atoms with Crippen molar-refractivity contribution in [2.45, 2.75) is 45.8 Å². The molecule has 3 heterocycles. The van der Waals surface area contributed by atoms with Crippen LogP contribution in [0.5, 0.6) is 0 Å². The molecule has 0 saturated carbocycles. The number of ether oxygens (including phenoxy) is 1. The zero-order chi connectivity index (χ0) is 16.9. The number of hydrogen-bond acceptors (Lipinski definition) is 5. The molecule has 1 aliphatic heterocycles. The van der Waals surface area contributed by atoms with Crippen LogP contribution in [0, 0.1) is 6.92 Å². The van der Waals surface area contributed by atoms with Crippen LogP contribution in [0.1, 0.15) is 48.9 Å². The predicted octanol–water partition coefficient (Wildman–Crippen LogP) is 1.72. The highest BCUT2D eigenvalue weighted by Gasteiger charge is 2.24. The van der Waals surface area contributed by atoms with Crippen LogP contribution in [-0.2, 0) is 17.7 Å². The minimum atomic E-state index is -0.165. The molecule has 2 N–H and O–H groups in total. The second kappa shape index (κ2) is 7.72. The molecule has 2 aromatic rings. The lowest BCUT2D eigenvalue weighted by atomic mass is 10.2. The number of hydrogen-bond donors (Lipinski definition) is 2. The van der Waals surface area contributed by atoms with E-state index in [9.17, 15) is 4.79 Å². The van der Waals surface area contributed by atoms with Crippen LogP contribution in [-0.4, -0.2) is 44.5 Å². The molecule has 7 heteroatoms. The lowest BCUT2D eigenvalue weighted by Gasteiger charge is -2.32. The molecule has 1 atom stereocenters. The summed E-state index contributed by atoms with van der Waals surface area (Å²) in [5, 5.41) is 0. The van der Waals surface area contributed by atoms with Crippen LogP contribution in [0.4, 0.5) is 0 Å². The maximum absolute atomic E-state index is 11.6. The minimum Gasteiger partial charge on any atom is -0.369 e. The van der Waals surface area contributed by atoms with E-state index >= 15 is 0 Å². The SMILES string of the molecule is CCCCc1ncc(CN2CCO[C@@H](c3cc(=O)[nH]c(C)n3)C2)[nH]1. The summed E-state index contributed by atoms with van der Waals surface area (Å²) in [7, 11) is 0. The third-order valence-electron chi connectivity index (χ3n) is 4.20. The van der Waals surface area contributed by atoms with Crippen molar-refractivity contribution in [2.75, 3.05) is 19.7 Å². The summed E-state index contributed by atoms with van der Waals surface area (Å²) < 4.78 is 5.82. The third kappa shape index (κ3) is 4.30. The Morgan fingerprint density at radius 2 is 2.29 bits per heavy atom. The zero-order valence-electron chi connectivity index (χ0n) is 14.3. The Morgan fingerprint density at radius 3 is 3.08 bits per heavy atom. The van der Waals surface area contributed by atoms with E-state index in [1.807, 2.05) is 6.20 Å². The van der Waals surface area contributed by atoms with Gasteiger partial charge in [-0.25, -0.2) is 9.97 Å². The molecule has 0 spiro atoms. The standard InChI is InChI=1S/C17H25N5O2/c1-3-4-5-16-18-9-13(21-16)10-22-6-7-24-15(11-22)14-8-17(23)20-12(2)19-14/h8-9,15H,3-7,10-11H2,1-2H3,(H,18,21)(H,19,20,23)/t15-/m1/s1. The normalized spacial score (nSPS) is 18.8. The van der Waals surface area contributed by atoms with Crippen LogP contribution in [0.15, 0.2) is 17.1 Å². The van der Waals surface area contributed by atoms with E-state index in [0.29, 0.717) is 18.1 Å². The number of imidazole rings is 1. The zero-order valence-corrected chi connectivity index (χ0v) is 14.3. The second-order valence-corrected chi connectivity index (χ2v) is 6.31. The van der Waals surface area contributed by atoms with Crippen LogP contribution < -0.4 is 5.56 Å². The Kier molecular flexibility index (Phi) is 5.42. The van der Waals surface area contributed by atoms with Gasteiger partial charge >= 0.3 is 0 Å². The lowest BCUT2D eigenvalue weighted by molar-refractivity contribution is -0.0355. The molecule has 1 aliphatic rings. The average molecular weight is 331 g/mol. The van der Waals surface area contributed by atoms with Crippen molar-refractivity contribution in [3.8, 4) is 0 Å². The van der Waals surface area contributed by atoms with Gasteiger partial charge in [-0.1, -0.05) is 13.3 Å². The van der Waals surface area contributed by atoms with Gasteiger partial charge in [0.1, 0.15) is 17.8 Å². The summed E-state index contributed by atoms with van der Waals surface area (Å²) in [4.78, 5) is 28.9. The summed E-state index contributed by atoms with van der Waals surface area (Å²) in [5.41, 5.74) is 1.69. The lowest BCUT2D eigenvalue weighted by Crippen LogP contribution is -2.38. The Labute approximate surface area is 141 Å². The number of unbranched alkanes of at least 4 members (excludes halogenated alkanes) is 1. The van der Waals surface area contributed by atoms with Gasteiger partial charge in [-0.3, -0.25) is 9.69 Å². The highest BCUT2D eigenvalue weighted by molar-refractivity contribution is 5.08. The molecule has 0 radical (unpaired) electrons. The fraction of sp³-hybridized carbons (Fsp3) is 0.588. The number of aryl methyl sites for hydroxylation is 2. The van der Waals surface area contributed by atoms with Crippen molar-refractivity contribution in [2.24, 2.45) is 0 Å². The Balaban J connectivity index is 1.63. The van der Waals surface area contributed by atoms with Gasteiger partial charge in [0.05, 0.1) is 12.3 Å². The fourth-order valence-corrected chi connectivity index (χ4v) is 2.99. The molecule has 24 heavy (non-hydrogen) atoms. The molecule has 7 nitrogen and oxygen atoms in total. The Hall–Kier alpha value is -1.99. The van der Waals surface area contributed by atoms with Crippen molar-refractivity contribution < 1.29 is 4.74 Å². The van der Waals surface area contributed by atoms with E-state index in [-0.39, 0.29) is 11.7 Å². The quantitative estimate of drug-likeness (QED) is 0.841. The monoisotopic (exact) mass is 331 g/mol. The van der Waals surface area contributed by atoms with Crippen molar-refractivity contribution in [3.63, 3.8) is 0 Å². The van der Waals surface area contributed by atoms with Crippen molar-refractivity contribution >= 4 is 0 Å². The van der Waals surface area contributed by atoms with Crippen molar-refractivity contribution in [1.82, 2.24) is 24.8 Å². The maximum Gasteiger partial charge on any atom is 0.251 e. The number of rotatable bonds is 6. The van der Waals surface area contributed by atoms with Crippen LogP contribution >= 0.6 is 0 Å². The first kappa shape index (κ1) is 16.9. The van der Waals surface area contributed by atoms with E-state index in [1.54, 1.807) is 6.92 Å². The summed E-state index contributed by atoms with van der Waals surface area (Å²) in [6.07, 6.45) is 5.08. The highest BCUT2D eigenvalue weighted by Crippen LogP contribution is 2.20. The van der Waals surface area contributed by atoms with Crippen LogP contribution in [0.2, 0.25) is 0 Å². The smallest absolute Gasteiger partial charge is 0.251 e. The molecule has 1 fully saturated rings. The summed E-state index contributed by atoms with van der Waals surface area (Å²) in [5.74, 6) is 1.68. The number of nitrogens with one attached hydrogen (secondary N) is 2. The fourth-order valence-electron chi connectivity index (χ4n) is 2.99. The molecule has 3 rings (SSSR count). The summed E-state index contributed by atoms with van der Waals surface area (Å²) >= 11 is 0. The molecule has 0 amide bonds. The van der Waals surface area contributed by atoms with Gasteiger partial charge < -0.3 is 14.7 Å². The second-order valence-electron chi connectivity index (χ2n) is 6.31. The van der Waals surface area contributed by atoms with Crippen LogP contribution in [0.3, 0.4) is 0 Å². The molecule has 0 bridgehead atoms. The first-order valence-corrected chi connectivity index (χ1v) is 8.58. The molecular weight excluding hydrogens is 306 g/mol.